The van der Waals surface area contributed by atoms with Crippen LogP contribution in [0.1, 0.15) is 16.1 Å². The third kappa shape index (κ3) is 3.54. The first-order valence-corrected chi connectivity index (χ1v) is 7.39. The van der Waals surface area contributed by atoms with Crippen molar-refractivity contribution < 1.29 is 9.53 Å². The summed E-state index contributed by atoms with van der Waals surface area (Å²) in [4.78, 5) is 23.1. The van der Waals surface area contributed by atoms with Gasteiger partial charge in [-0.3, -0.25) is 9.78 Å². The zero-order valence-corrected chi connectivity index (χ0v) is 12.9. The molecule has 0 saturated heterocycles. The molecule has 0 unspecified atom stereocenters. The number of ether oxygens (including phenoxy) is 1. The summed E-state index contributed by atoms with van der Waals surface area (Å²) in [6, 6.07) is 9.31. The maximum atomic E-state index is 12.8. The molecule has 0 spiro atoms. The monoisotopic (exact) mass is 310 g/mol. The smallest absolute Gasteiger partial charge is 0.255 e. The first-order chi connectivity index (χ1) is 11.3. The van der Waals surface area contributed by atoms with Crippen LogP contribution in [-0.2, 0) is 11.3 Å². The molecule has 0 aliphatic rings. The topological polar surface area (TPSA) is 59.7 Å². The van der Waals surface area contributed by atoms with Gasteiger partial charge in [0, 0.05) is 38.4 Å². The minimum Gasteiger partial charge on any atom is -0.383 e. The molecule has 0 aromatic carbocycles. The molecule has 0 aliphatic carbocycles. The Bertz CT molecular complexity index is 785. The van der Waals surface area contributed by atoms with Gasteiger partial charge >= 0.3 is 0 Å². The lowest BCUT2D eigenvalue weighted by Crippen LogP contribution is -2.33. The predicted octanol–water partition coefficient (Wildman–Crippen LogP) is 2.02. The first kappa shape index (κ1) is 15.2. The summed E-state index contributed by atoms with van der Waals surface area (Å²) in [5.74, 6) is -0.0525. The number of aromatic nitrogens is 3. The van der Waals surface area contributed by atoms with Crippen LogP contribution in [0, 0.1) is 0 Å². The molecule has 0 bridgehead atoms. The average molecular weight is 310 g/mol. The van der Waals surface area contributed by atoms with E-state index in [9.17, 15) is 4.79 Å². The molecule has 0 saturated carbocycles. The number of amides is 1. The summed E-state index contributed by atoms with van der Waals surface area (Å²) < 4.78 is 6.96. The standard InChI is InChI=1S/C17H18N4O2/c1-23-11-10-21(13-15-4-2-3-7-18-15)17(22)14-5-6-16-19-8-9-20(16)12-14/h2-9,12H,10-11,13H2,1H3. The predicted molar refractivity (Wildman–Crippen MR) is 86.0 cm³/mol. The van der Waals surface area contributed by atoms with Crippen molar-refractivity contribution in [2.24, 2.45) is 0 Å². The van der Waals surface area contributed by atoms with Crippen LogP contribution in [0.2, 0.25) is 0 Å². The number of fused-ring (bicyclic) bond motifs is 1. The number of imidazole rings is 1. The zero-order chi connectivity index (χ0) is 16.1. The minimum absolute atomic E-state index is 0.0525. The van der Waals surface area contributed by atoms with Crippen molar-refractivity contribution in [1.29, 1.82) is 0 Å². The Labute approximate surface area is 134 Å². The van der Waals surface area contributed by atoms with Crippen LogP contribution >= 0.6 is 0 Å². The van der Waals surface area contributed by atoms with E-state index in [0.717, 1.165) is 11.3 Å². The maximum Gasteiger partial charge on any atom is 0.255 e. The number of carbonyl (C=O) groups excluding carboxylic acids is 1. The van der Waals surface area contributed by atoms with Gasteiger partial charge in [-0.15, -0.1) is 0 Å². The Morgan fingerprint density at radius 1 is 1.22 bits per heavy atom. The van der Waals surface area contributed by atoms with Crippen molar-refractivity contribution in [1.82, 2.24) is 19.3 Å². The summed E-state index contributed by atoms with van der Waals surface area (Å²) in [6.45, 7) is 1.44. The summed E-state index contributed by atoms with van der Waals surface area (Å²) in [6.07, 6.45) is 7.05. The molecule has 6 nitrogen and oxygen atoms in total. The number of rotatable bonds is 6. The van der Waals surface area contributed by atoms with Crippen LogP contribution in [0.4, 0.5) is 0 Å². The van der Waals surface area contributed by atoms with Gasteiger partial charge in [0.05, 0.1) is 24.4 Å². The molecule has 0 atom stereocenters. The van der Waals surface area contributed by atoms with E-state index in [2.05, 4.69) is 9.97 Å². The van der Waals surface area contributed by atoms with Gasteiger partial charge in [0.15, 0.2) is 0 Å². The van der Waals surface area contributed by atoms with Gasteiger partial charge in [-0.2, -0.15) is 0 Å². The molecular weight excluding hydrogens is 292 g/mol. The fourth-order valence-corrected chi connectivity index (χ4v) is 2.37. The molecule has 1 amide bonds. The van der Waals surface area contributed by atoms with Gasteiger partial charge in [0.2, 0.25) is 0 Å². The van der Waals surface area contributed by atoms with Crippen LogP contribution in [-0.4, -0.2) is 45.4 Å². The van der Waals surface area contributed by atoms with E-state index in [0.29, 0.717) is 25.3 Å². The average Bonchev–Trinajstić information content (AvgIpc) is 3.06. The largest absolute Gasteiger partial charge is 0.383 e. The lowest BCUT2D eigenvalue weighted by atomic mass is 10.2. The molecule has 3 heterocycles. The second-order valence-electron chi connectivity index (χ2n) is 5.15. The maximum absolute atomic E-state index is 12.8. The number of nitrogens with zero attached hydrogens (tertiary/aromatic N) is 4. The molecule has 3 aromatic rings. The van der Waals surface area contributed by atoms with Crippen molar-refractivity contribution in [2.45, 2.75) is 6.54 Å². The van der Waals surface area contributed by atoms with Gasteiger partial charge in [0.25, 0.3) is 5.91 Å². The van der Waals surface area contributed by atoms with E-state index in [-0.39, 0.29) is 5.91 Å². The zero-order valence-electron chi connectivity index (χ0n) is 12.9. The fourth-order valence-electron chi connectivity index (χ4n) is 2.37. The SMILES string of the molecule is COCCN(Cc1ccccn1)C(=O)c1ccc2nccn2c1. The lowest BCUT2D eigenvalue weighted by molar-refractivity contribution is 0.0677. The van der Waals surface area contributed by atoms with Gasteiger partial charge in [0.1, 0.15) is 5.65 Å². The second-order valence-corrected chi connectivity index (χ2v) is 5.15. The van der Waals surface area contributed by atoms with Crippen molar-refractivity contribution >= 4 is 11.6 Å². The van der Waals surface area contributed by atoms with Crippen LogP contribution in [0.3, 0.4) is 0 Å². The Morgan fingerprint density at radius 3 is 2.91 bits per heavy atom. The van der Waals surface area contributed by atoms with E-state index >= 15 is 0 Å². The summed E-state index contributed by atoms with van der Waals surface area (Å²) in [5.41, 5.74) is 2.28. The molecule has 3 rings (SSSR count). The van der Waals surface area contributed by atoms with E-state index < -0.39 is 0 Å². The van der Waals surface area contributed by atoms with Crippen LogP contribution < -0.4 is 0 Å². The summed E-state index contributed by atoms with van der Waals surface area (Å²) in [7, 11) is 1.63. The normalized spacial score (nSPS) is 10.8. The van der Waals surface area contributed by atoms with E-state index in [4.69, 9.17) is 4.74 Å². The molecule has 0 radical (unpaired) electrons. The van der Waals surface area contributed by atoms with Crippen molar-refractivity contribution in [2.75, 3.05) is 20.3 Å². The van der Waals surface area contributed by atoms with Gasteiger partial charge in [-0.25, -0.2) is 4.98 Å². The number of hydrogen-bond donors (Lipinski definition) is 0. The van der Waals surface area contributed by atoms with Crippen molar-refractivity contribution in [3.63, 3.8) is 0 Å². The highest BCUT2D eigenvalue weighted by Crippen LogP contribution is 2.10. The Hall–Kier alpha value is -2.73. The third-order valence-electron chi connectivity index (χ3n) is 3.57. The molecule has 23 heavy (non-hydrogen) atoms. The molecule has 118 valence electrons. The van der Waals surface area contributed by atoms with Crippen LogP contribution in [0.15, 0.2) is 55.1 Å². The van der Waals surface area contributed by atoms with Crippen molar-refractivity contribution in [3.8, 4) is 0 Å². The Morgan fingerprint density at radius 2 is 2.13 bits per heavy atom. The summed E-state index contributed by atoms with van der Waals surface area (Å²) in [5, 5.41) is 0. The lowest BCUT2D eigenvalue weighted by Gasteiger charge is -2.22. The van der Waals surface area contributed by atoms with E-state index in [1.54, 1.807) is 36.7 Å². The van der Waals surface area contributed by atoms with Gasteiger partial charge in [-0.05, 0) is 24.3 Å². The molecule has 6 heteroatoms. The highest BCUT2D eigenvalue weighted by Gasteiger charge is 2.17. The third-order valence-corrected chi connectivity index (χ3v) is 3.57. The van der Waals surface area contributed by atoms with E-state index in [1.807, 2.05) is 34.9 Å². The molecule has 0 N–H and O–H groups in total. The summed E-state index contributed by atoms with van der Waals surface area (Å²) >= 11 is 0. The van der Waals surface area contributed by atoms with Crippen LogP contribution in [0.25, 0.3) is 5.65 Å². The van der Waals surface area contributed by atoms with Crippen molar-refractivity contribution in [3.05, 3.63) is 66.4 Å². The molecule has 3 aromatic heterocycles. The van der Waals surface area contributed by atoms with E-state index in [1.165, 1.54) is 0 Å². The number of methoxy groups -OCH3 is 1. The number of hydrogen-bond acceptors (Lipinski definition) is 4. The molecule has 0 aliphatic heterocycles. The first-order valence-electron chi connectivity index (χ1n) is 7.39. The highest BCUT2D eigenvalue weighted by molar-refractivity contribution is 5.94. The molecule has 0 fully saturated rings. The fraction of sp³-hybridized carbons (Fsp3) is 0.235. The highest BCUT2D eigenvalue weighted by atomic mass is 16.5. The Balaban J connectivity index is 1.83. The minimum atomic E-state index is -0.0525. The molecular formula is C17H18N4O2. The number of carbonyl (C=O) groups is 1. The second kappa shape index (κ2) is 7.02. The Kier molecular flexibility index (Phi) is 4.63. The van der Waals surface area contributed by atoms with Crippen LogP contribution in [0.5, 0.6) is 0 Å². The van der Waals surface area contributed by atoms with Gasteiger partial charge in [-0.1, -0.05) is 6.07 Å². The number of pyridine rings is 2. The van der Waals surface area contributed by atoms with Gasteiger partial charge < -0.3 is 14.0 Å². The quantitative estimate of drug-likeness (QED) is 0.699.